The van der Waals surface area contributed by atoms with Crippen LogP contribution in [0.15, 0.2) is 24.3 Å². The number of amides is 1. The summed E-state index contributed by atoms with van der Waals surface area (Å²) >= 11 is 0. The molecule has 4 fully saturated rings. The Kier molecular flexibility index (Phi) is 5.28. The molecular formula is C30H40N2O4. The zero-order chi connectivity index (χ0) is 24.7. The smallest absolute Gasteiger partial charge is 0.246 e. The van der Waals surface area contributed by atoms with Gasteiger partial charge in [0.2, 0.25) is 5.91 Å². The van der Waals surface area contributed by atoms with E-state index in [1.165, 1.54) is 50.5 Å². The topological polar surface area (TPSA) is 73.2 Å². The van der Waals surface area contributed by atoms with Crippen molar-refractivity contribution in [2.24, 2.45) is 11.8 Å². The number of rotatable bonds is 5. The van der Waals surface area contributed by atoms with Crippen LogP contribution in [0.5, 0.6) is 11.5 Å². The standard InChI is InChI=1S/C30H40N2O4/c1-31(25(34)12-9-19-5-3-2-4-6-19)22-13-14-30(35)24-17-21-10-11-23(33)27-26(21)29(30,28(22)36-27)15-16-32(24)18-20-7-8-20/h9-12,19-20,22,24,28,33,35H,2-8,13-18H2,1H3/t22?,24-,28?,29+,30-/m1/s1. The van der Waals surface area contributed by atoms with E-state index in [0.29, 0.717) is 24.5 Å². The first-order chi connectivity index (χ1) is 17.4. The largest absolute Gasteiger partial charge is 0.504 e. The lowest BCUT2D eigenvalue weighted by atomic mass is 9.48. The van der Waals surface area contributed by atoms with E-state index in [2.05, 4.69) is 11.0 Å². The van der Waals surface area contributed by atoms with E-state index in [-0.39, 0.29) is 29.8 Å². The number of carbonyl (C=O) groups excluding carboxylic acids is 1. The minimum absolute atomic E-state index is 0.0231. The van der Waals surface area contributed by atoms with Gasteiger partial charge in [0.25, 0.3) is 0 Å². The van der Waals surface area contributed by atoms with Gasteiger partial charge in [0.15, 0.2) is 11.5 Å². The van der Waals surface area contributed by atoms with Gasteiger partial charge in [0, 0.05) is 25.2 Å². The summed E-state index contributed by atoms with van der Waals surface area (Å²) in [6.07, 6.45) is 15.3. The van der Waals surface area contributed by atoms with Crippen molar-refractivity contribution in [1.82, 2.24) is 9.80 Å². The molecule has 4 aliphatic carbocycles. The SMILES string of the molecule is CN(C(=O)C=CC1CCCCC1)C1CC[C@@]2(O)[C@H]3Cc4ccc(O)c5c4[C@@]2(CCN3CC2CC2)C1O5. The molecule has 1 saturated heterocycles. The van der Waals surface area contributed by atoms with Crippen LogP contribution < -0.4 is 4.74 Å². The van der Waals surface area contributed by atoms with Gasteiger partial charge in [-0.05, 0) is 87.5 Å². The van der Waals surface area contributed by atoms with Crippen molar-refractivity contribution >= 4 is 5.91 Å². The van der Waals surface area contributed by atoms with Crippen LogP contribution in [-0.4, -0.2) is 69.8 Å². The van der Waals surface area contributed by atoms with Crippen LogP contribution in [0.4, 0.5) is 0 Å². The summed E-state index contributed by atoms with van der Waals surface area (Å²) in [6, 6.07) is 3.72. The predicted octanol–water partition coefficient (Wildman–Crippen LogP) is 3.92. The van der Waals surface area contributed by atoms with E-state index in [4.69, 9.17) is 4.74 Å². The molecule has 1 amide bonds. The van der Waals surface area contributed by atoms with E-state index in [0.717, 1.165) is 37.4 Å². The van der Waals surface area contributed by atoms with Gasteiger partial charge >= 0.3 is 0 Å². The van der Waals surface area contributed by atoms with E-state index in [1.807, 2.05) is 18.0 Å². The van der Waals surface area contributed by atoms with Gasteiger partial charge in [-0.15, -0.1) is 0 Å². The number of likely N-dealkylation sites (N-methyl/N-ethyl adjacent to an activating group) is 1. The summed E-state index contributed by atoms with van der Waals surface area (Å²) in [5.74, 6) is 2.01. The Morgan fingerprint density at radius 3 is 2.75 bits per heavy atom. The molecule has 2 unspecified atom stereocenters. The molecule has 2 bridgehead atoms. The van der Waals surface area contributed by atoms with Crippen LogP contribution in [0.2, 0.25) is 0 Å². The Balaban J connectivity index is 1.23. The molecule has 2 heterocycles. The number of piperidine rings is 1. The van der Waals surface area contributed by atoms with Crippen molar-refractivity contribution in [3.63, 3.8) is 0 Å². The first kappa shape index (κ1) is 23.1. The van der Waals surface area contributed by atoms with E-state index < -0.39 is 11.0 Å². The number of phenols is 1. The number of benzene rings is 1. The molecule has 6 aliphatic rings. The maximum atomic E-state index is 13.4. The highest BCUT2D eigenvalue weighted by Gasteiger charge is 2.73. The van der Waals surface area contributed by atoms with Crippen LogP contribution in [0.25, 0.3) is 0 Å². The average molecular weight is 493 g/mol. The molecule has 2 N–H and O–H groups in total. The molecule has 6 heteroatoms. The molecule has 0 radical (unpaired) electrons. The lowest BCUT2D eigenvalue weighted by molar-refractivity contribution is -0.200. The van der Waals surface area contributed by atoms with E-state index in [1.54, 1.807) is 12.1 Å². The maximum Gasteiger partial charge on any atom is 0.246 e. The first-order valence-electron chi connectivity index (χ1n) is 14.4. The summed E-state index contributed by atoms with van der Waals surface area (Å²) < 4.78 is 6.64. The van der Waals surface area contributed by atoms with Crippen molar-refractivity contribution in [3.8, 4) is 11.5 Å². The molecule has 5 atom stereocenters. The third-order valence-corrected chi connectivity index (χ3v) is 10.7. The van der Waals surface area contributed by atoms with Crippen molar-refractivity contribution in [3.05, 3.63) is 35.4 Å². The second kappa shape index (κ2) is 8.22. The Labute approximate surface area is 214 Å². The summed E-state index contributed by atoms with van der Waals surface area (Å²) in [5, 5.41) is 23.4. The van der Waals surface area contributed by atoms with E-state index in [9.17, 15) is 15.0 Å². The van der Waals surface area contributed by atoms with Crippen LogP contribution in [0.1, 0.15) is 75.3 Å². The third kappa shape index (κ3) is 3.19. The Morgan fingerprint density at radius 1 is 1.17 bits per heavy atom. The summed E-state index contributed by atoms with van der Waals surface area (Å²) in [6.45, 7) is 2.01. The molecule has 1 aromatic rings. The second-order valence-electron chi connectivity index (χ2n) is 12.6. The quantitative estimate of drug-likeness (QED) is 0.610. The molecule has 194 valence electrons. The van der Waals surface area contributed by atoms with Gasteiger partial charge in [-0.2, -0.15) is 0 Å². The molecule has 3 saturated carbocycles. The average Bonchev–Trinajstić information content (AvgIpc) is 3.63. The summed E-state index contributed by atoms with van der Waals surface area (Å²) in [5.41, 5.74) is 0.743. The molecule has 0 aromatic heterocycles. The minimum atomic E-state index is -0.908. The molecule has 2 aliphatic heterocycles. The Bertz CT molecular complexity index is 1090. The number of phenolic OH excluding ortho intramolecular Hbond substituents is 1. The molecule has 36 heavy (non-hydrogen) atoms. The molecule has 1 spiro atoms. The predicted molar refractivity (Wildman–Crippen MR) is 137 cm³/mol. The second-order valence-corrected chi connectivity index (χ2v) is 12.6. The van der Waals surface area contributed by atoms with Crippen LogP contribution in [0, 0.1) is 11.8 Å². The number of allylic oxidation sites excluding steroid dienone is 1. The molecule has 1 aromatic carbocycles. The first-order valence-corrected chi connectivity index (χ1v) is 14.4. The number of hydrogen-bond donors (Lipinski definition) is 2. The van der Waals surface area contributed by atoms with Gasteiger partial charge in [-0.3, -0.25) is 9.69 Å². The van der Waals surface area contributed by atoms with Crippen molar-refractivity contribution in [2.45, 2.75) is 99.8 Å². The molecular weight excluding hydrogens is 452 g/mol. The zero-order valence-corrected chi connectivity index (χ0v) is 21.5. The number of likely N-dealkylation sites (tertiary alicyclic amines) is 1. The number of carbonyl (C=O) groups is 1. The van der Waals surface area contributed by atoms with Crippen LogP contribution in [-0.2, 0) is 16.6 Å². The molecule has 7 rings (SSSR count). The molecule has 6 nitrogen and oxygen atoms in total. The highest BCUT2D eigenvalue weighted by atomic mass is 16.5. The fourth-order valence-corrected chi connectivity index (χ4v) is 8.68. The fourth-order valence-electron chi connectivity index (χ4n) is 8.68. The summed E-state index contributed by atoms with van der Waals surface area (Å²) in [7, 11) is 1.90. The highest BCUT2D eigenvalue weighted by Crippen LogP contribution is 2.66. The lowest BCUT2D eigenvalue weighted by Crippen LogP contribution is -2.78. The van der Waals surface area contributed by atoms with Crippen LogP contribution in [0.3, 0.4) is 0 Å². The highest BCUT2D eigenvalue weighted by molar-refractivity contribution is 5.87. The monoisotopic (exact) mass is 492 g/mol. The number of aromatic hydroxyl groups is 1. The van der Waals surface area contributed by atoms with Gasteiger partial charge in [-0.25, -0.2) is 0 Å². The lowest BCUT2D eigenvalue weighted by Gasteiger charge is -2.64. The van der Waals surface area contributed by atoms with Crippen molar-refractivity contribution < 1.29 is 19.7 Å². The van der Waals surface area contributed by atoms with Crippen molar-refractivity contribution in [2.75, 3.05) is 20.1 Å². The van der Waals surface area contributed by atoms with Gasteiger partial charge < -0.3 is 19.8 Å². The summed E-state index contributed by atoms with van der Waals surface area (Å²) in [4.78, 5) is 17.8. The van der Waals surface area contributed by atoms with Crippen molar-refractivity contribution in [1.29, 1.82) is 0 Å². The minimum Gasteiger partial charge on any atom is -0.504 e. The van der Waals surface area contributed by atoms with Gasteiger partial charge in [0.05, 0.1) is 17.1 Å². The zero-order valence-electron chi connectivity index (χ0n) is 21.5. The Hall–Kier alpha value is -2.05. The normalized spacial score (nSPS) is 37.6. The van der Waals surface area contributed by atoms with Gasteiger partial charge in [-0.1, -0.05) is 31.4 Å². The number of aliphatic hydroxyl groups is 1. The number of ether oxygens (including phenoxy) is 1. The van der Waals surface area contributed by atoms with Crippen LogP contribution >= 0.6 is 0 Å². The number of nitrogens with zero attached hydrogens (tertiary/aromatic N) is 2. The number of hydrogen-bond acceptors (Lipinski definition) is 5. The maximum absolute atomic E-state index is 13.4. The van der Waals surface area contributed by atoms with Gasteiger partial charge in [0.1, 0.15) is 6.10 Å². The Morgan fingerprint density at radius 2 is 1.97 bits per heavy atom. The third-order valence-electron chi connectivity index (χ3n) is 10.7. The fraction of sp³-hybridized carbons (Fsp3) is 0.700. The van der Waals surface area contributed by atoms with E-state index >= 15 is 0 Å².